The Morgan fingerprint density at radius 2 is 0.500 bits per heavy atom. The van der Waals surface area contributed by atoms with E-state index in [0.717, 1.165) is 56.5 Å². The van der Waals surface area contributed by atoms with Crippen LogP contribution in [0.3, 0.4) is 0 Å². The van der Waals surface area contributed by atoms with E-state index >= 15 is 0 Å². The highest BCUT2D eigenvalue weighted by Crippen LogP contribution is 2.45. The number of rotatable bonds is 11. The van der Waals surface area contributed by atoms with Gasteiger partial charge in [-0.25, -0.2) is 0 Å². The maximum absolute atomic E-state index is 2.44. The summed E-state index contributed by atoms with van der Waals surface area (Å²) < 4.78 is 4.88. The van der Waals surface area contributed by atoms with Gasteiger partial charge in [-0.3, -0.25) is 0 Å². The average molecular weight is 1100 g/mol. The van der Waals surface area contributed by atoms with E-state index in [-0.39, 0.29) is 0 Å². The molecule has 0 fully saturated rings. The molecular weight excluding hydrogens is 1040 g/mol. The van der Waals surface area contributed by atoms with Crippen molar-refractivity contribution < 1.29 is 0 Å². The molecule has 4 heteroatoms. The van der Waals surface area contributed by atoms with Crippen molar-refractivity contribution in [3.05, 3.63) is 327 Å². The highest BCUT2D eigenvalue weighted by Gasteiger charge is 2.23. The molecule has 0 saturated carbocycles. The lowest BCUT2D eigenvalue weighted by Gasteiger charge is -2.26. The minimum atomic E-state index is 1.09. The molecule has 0 aliphatic rings. The van der Waals surface area contributed by atoms with Gasteiger partial charge in [-0.1, -0.05) is 194 Å². The molecule has 0 unspecified atom stereocenters. The first-order chi connectivity index (χ1) is 42.5. The predicted molar refractivity (Wildman–Crippen MR) is 365 cm³/mol. The molecule has 0 spiro atoms. The van der Waals surface area contributed by atoms with Crippen molar-refractivity contribution in [2.75, 3.05) is 9.80 Å². The van der Waals surface area contributed by atoms with E-state index in [4.69, 9.17) is 0 Å². The fraction of sp³-hybridized carbons (Fsp3) is 0.0244. The van der Waals surface area contributed by atoms with Gasteiger partial charge in [0.2, 0.25) is 0 Å². The van der Waals surface area contributed by atoms with Crippen LogP contribution in [0.2, 0.25) is 0 Å². The molecule has 0 amide bonds. The van der Waals surface area contributed by atoms with Crippen molar-refractivity contribution in [3.8, 4) is 44.8 Å². The zero-order chi connectivity index (χ0) is 57.2. The molecule has 2 aromatic heterocycles. The molecule has 0 saturated heterocycles. The average Bonchev–Trinajstić information content (AvgIpc) is 3.40. The van der Waals surface area contributed by atoms with Crippen LogP contribution in [0.1, 0.15) is 11.4 Å². The maximum Gasteiger partial charge on any atom is 0.0538 e. The summed E-state index contributed by atoms with van der Waals surface area (Å²) in [6.07, 6.45) is 0. The molecule has 2 heterocycles. The van der Waals surface area contributed by atoms with Gasteiger partial charge in [-0.15, -0.1) is 0 Å². The monoisotopic (exact) mass is 1100 g/mol. The Bertz CT molecular complexity index is 4760. The van der Waals surface area contributed by atoms with Gasteiger partial charge in [-0.05, 0) is 201 Å². The number of benzene rings is 14. The molecule has 406 valence electrons. The molecule has 0 bridgehead atoms. The molecule has 0 atom stereocenters. The second kappa shape index (κ2) is 20.9. The van der Waals surface area contributed by atoms with Gasteiger partial charge in [-0.2, -0.15) is 0 Å². The third-order valence-electron chi connectivity index (χ3n) is 17.6. The van der Waals surface area contributed by atoms with Crippen molar-refractivity contribution in [3.63, 3.8) is 0 Å². The summed E-state index contributed by atoms with van der Waals surface area (Å²) in [6.45, 7) is 4.54. The highest BCUT2D eigenvalue weighted by atomic mass is 15.1. The second-order valence-electron chi connectivity index (χ2n) is 22.6. The minimum Gasteiger partial charge on any atom is -0.313 e. The van der Waals surface area contributed by atoms with Crippen molar-refractivity contribution in [2.45, 2.75) is 13.8 Å². The van der Waals surface area contributed by atoms with E-state index in [1.54, 1.807) is 0 Å². The smallest absolute Gasteiger partial charge is 0.0538 e. The quantitative estimate of drug-likeness (QED) is 0.128. The lowest BCUT2D eigenvalue weighted by atomic mass is 9.96. The summed E-state index contributed by atoms with van der Waals surface area (Å²) in [6, 6.07) is 116. The number of aromatic nitrogens is 2. The predicted octanol–water partition coefficient (Wildman–Crippen LogP) is 22.7. The molecular formula is C82H58N4. The first-order valence-corrected chi connectivity index (χ1v) is 29.6. The fourth-order valence-corrected chi connectivity index (χ4v) is 13.5. The molecule has 16 aromatic rings. The molecule has 16 rings (SSSR count). The molecule has 0 N–H and O–H groups in total. The van der Waals surface area contributed by atoms with Crippen LogP contribution in [0.5, 0.6) is 0 Å². The first-order valence-electron chi connectivity index (χ1n) is 29.6. The van der Waals surface area contributed by atoms with Gasteiger partial charge in [0.25, 0.3) is 0 Å². The van der Waals surface area contributed by atoms with Gasteiger partial charge in [0, 0.05) is 78.8 Å². The largest absolute Gasteiger partial charge is 0.313 e. The van der Waals surface area contributed by atoms with Gasteiger partial charge in [0.1, 0.15) is 0 Å². The lowest BCUT2D eigenvalue weighted by molar-refractivity contribution is 1.05. The van der Waals surface area contributed by atoms with Gasteiger partial charge in [0.05, 0.1) is 11.0 Å². The highest BCUT2D eigenvalue weighted by molar-refractivity contribution is 6.05. The summed E-state index contributed by atoms with van der Waals surface area (Å²) in [5.74, 6) is 0. The summed E-state index contributed by atoms with van der Waals surface area (Å²) in [7, 11) is 0. The Hall–Kier alpha value is -11.2. The zero-order valence-corrected chi connectivity index (χ0v) is 47.8. The number of anilines is 6. The number of hydrogen-bond acceptors (Lipinski definition) is 2. The molecule has 4 nitrogen and oxygen atoms in total. The van der Waals surface area contributed by atoms with Crippen molar-refractivity contribution in [1.29, 1.82) is 0 Å². The van der Waals surface area contributed by atoms with E-state index in [1.807, 2.05) is 0 Å². The standard InChI is InChI=1S/C82H58N4/c1-55-81(61-21-5-3-6-22-61)77-53-67(33-47-79(77)83(55)69-39-43-71(44-40-69)85(73-35-29-57-17-9-13-25-63(57)49-73)74-36-30-58-18-10-14-26-64(58)50-74)68-34-48-80-78(54-68)82(62-23-7-4-8-24-62)56(2)84(80)70-41-45-72(46-42-70)86(75-37-31-59-19-11-15-27-65(59)51-75)76-38-32-60-20-12-16-28-66(60)52-76/h3-54H,1-2H3. The van der Waals surface area contributed by atoms with Gasteiger partial charge in [0.15, 0.2) is 0 Å². The van der Waals surface area contributed by atoms with E-state index < -0.39 is 0 Å². The van der Waals surface area contributed by atoms with E-state index in [9.17, 15) is 0 Å². The molecule has 0 radical (unpaired) electrons. The molecule has 0 aliphatic carbocycles. The summed E-state index contributed by atoms with van der Waals surface area (Å²) in [5, 5.41) is 12.1. The maximum atomic E-state index is 2.44. The lowest BCUT2D eigenvalue weighted by Crippen LogP contribution is -2.10. The van der Waals surface area contributed by atoms with Gasteiger partial charge < -0.3 is 18.9 Å². The van der Waals surface area contributed by atoms with Crippen LogP contribution in [0.15, 0.2) is 315 Å². The molecule has 0 aliphatic heterocycles. The number of hydrogen-bond donors (Lipinski definition) is 0. The van der Waals surface area contributed by atoms with Crippen LogP contribution in [0.25, 0.3) is 110 Å². The van der Waals surface area contributed by atoms with Crippen LogP contribution in [-0.2, 0) is 0 Å². The number of nitrogens with zero attached hydrogens (tertiary/aromatic N) is 4. The Morgan fingerprint density at radius 3 is 0.814 bits per heavy atom. The SMILES string of the molecule is Cc1c(-c2ccccc2)c2cc(-c3ccc4c(c3)c(-c3ccccc3)c(C)n4-c3ccc(N(c4ccc5ccccc5c4)c4ccc5ccccc5c4)cc3)ccc2n1-c1ccc(N(c2ccc3ccccc3c2)c2ccc3ccccc3c2)cc1. The summed E-state index contributed by atoms with van der Waals surface area (Å²) in [5.41, 5.74) is 20.7. The third-order valence-corrected chi connectivity index (χ3v) is 17.6. The Morgan fingerprint density at radius 1 is 0.221 bits per heavy atom. The van der Waals surface area contributed by atoms with Crippen molar-refractivity contribution in [1.82, 2.24) is 9.13 Å². The minimum absolute atomic E-state index is 1.09. The third kappa shape index (κ3) is 8.78. The number of fused-ring (bicyclic) bond motifs is 6. The fourth-order valence-electron chi connectivity index (χ4n) is 13.5. The Kier molecular flexibility index (Phi) is 12.3. The van der Waals surface area contributed by atoms with Crippen LogP contribution in [0.4, 0.5) is 34.1 Å². The van der Waals surface area contributed by atoms with Crippen LogP contribution >= 0.6 is 0 Å². The topological polar surface area (TPSA) is 16.3 Å². The molecule has 14 aromatic carbocycles. The Balaban J connectivity index is 0.794. The normalized spacial score (nSPS) is 11.6. The van der Waals surface area contributed by atoms with Crippen LogP contribution in [0, 0.1) is 13.8 Å². The van der Waals surface area contributed by atoms with Crippen LogP contribution < -0.4 is 9.80 Å². The zero-order valence-electron chi connectivity index (χ0n) is 47.8. The summed E-state index contributed by atoms with van der Waals surface area (Å²) >= 11 is 0. The van der Waals surface area contributed by atoms with E-state index in [2.05, 4.69) is 348 Å². The second-order valence-corrected chi connectivity index (χ2v) is 22.6. The first kappa shape index (κ1) is 50.5. The Labute approximate surface area is 500 Å². The van der Waals surface area contributed by atoms with Crippen molar-refractivity contribution in [2.24, 2.45) is 0 Å². The van der Waals surface area contributed by atoms with E-state index in [1.165, 1.54) is 98.6 Å². The summed E-state index contributed by atoms with van der Waals surface area (Å²) in [4.78, 5) is 4.76. The molecule has 86 heavy (non-hydrogen) atoms. The van der Waals surface area contributed by atoms with Gasteiger partial charge >= 0.3 is 0 Å². The van der Waals surface area contributed by atoms with Crippen LogP contribution in [-0.4, -0.2) is 9.13 Å². The van der Waals surface area contributed by atoms with Crippen molar-refractivity contribution >= 4 is 99.0 Å². The van der Waals surface area contributed by atoms with E-state index in [0.29, 0.717) is 0 Å².